The first-order chi connectivity index (χ1) is 15.7. The van der Waals surface area contributed by atoms with Gasteiger partial charge >= 0.3 is 5.97 Å². The molecule has 0 saturated heterocycles. The van der Waals surface area contributed by atoms with Gasteiger partial charge in [0.2, 0.25) is 5.82 Å². The normalized spacial score (nSPS) is 10.4. The van der Waals surface area contributed by atoms with Crippen molar-refractivity contribution < 1.29 is 23.6 Å². The molecule has 9 nitrogen and oxygen atoms in total. The van der Waals surface area contributed by atoms with Crippen molar-refractivity contribution in [2.45, 2.75) is 6.61 Å². The van der Waals surface area contributed by atoms with Crippen molar-refractivity contribution in [3.05, 3.63) is 90.6 Å². The molecule has 0 radical (unpaired) electrons. The van der Waals surface area contributed by atoms with Crippen molar-refractivity contribution in [3.8, 4) is 22.9 Å². The number of carbonyl (C=O) groups excluding carboxylic acids is 2. The molecular weight excluding hydrogens is 412 g/mol. The predicted octanol–water partition coefficient (Wildman–Crippen LogP) is 3.40. The maximum Gasteiger partial charge on any atom is 0.325 e. The molecule has 0 bridgehead atoms. The number of rotatable bonds is 8. The smallest absolute Gasteiger partial charge is 0.325 e. The second-order valence-electron chi connectivity index (χ2n) is 6.54. The number of ether oxygens (including phenoxy) is 2. The second-order valence-corrected chi connectivity index (χ2v) is 6.54. The molecule has 2 heterocycles. The van der Waals surface area contributed by atoms with Gasteiger partial charge in [0.25, 0.3) is 11.8 Å². The van der Waals surface area contributed by atoms with E-state index in [1.165, 1.54) is 0 Å². The van der Waals surface area contributed by atoms with Gasteiger partial charge in [-0.2, -0.15) is 4.98 Å². The Kier molecular flexibility index (Phi) is 6.47. The summed E-state index contributed by atoms with van der Waals surface area (Å²) in [6, 6.07) is 19.4. The molecule has 0 fully saturated rings. The number of hydrogen-bond acceptors (Lipinski definition) is 8. The molecule has 32 heavy (non-hydrogen) atoms. The van der Waals surface area contributed by atoms with Crippen LogP contribution in [0.25, 0.3) is 11.4 Å². The van der Waals surface area contributed by atoms with Gasteiger partial charge < -0.3 is 19.3 Å². The van der Waals surface area contributed by atoms with Crippen molar-refractivity contribution in [1.29, 1.82) is 0 Å². The van der Waals surface area contributed by atoms with E-state index in [4.69, 9.17) is 14.0 Å². The average Bonchev–Trinajstić information content (AvgIpc) is 3.32. The first kappa shape index (κ1) is 20.7. The maximum absolute atomic E-state index is 12.2. The quantitative estimate of drug-likeness (QED) is 0.423. The highest BCUT2D eigenvalue weighted by atomic mass is 16.6. The zero-order chi connectivity index (χ0) is 22.2. The number of nitrogens with one attached hydrogen (secondary N) is 1. The van der Waals surface area contributed by atoms with Crippen LogP contribution in [0.15, 0.2) is 83.6 Å². The van der Waals surface area contributed by atoms with Gasteiger partial charge in [-0.1, -0.05) is 23.4 Å². The van der Waals surface area contributed by atoms with Gasteiger partial charge in [-0.15, -0.1) is 0 Å². The molecule has 0 spiro atoms. The monoisotopic (exact) mass is 430 g/mol. The molecular formula is C23H18N4O5. The lowest BCUT2D eigenvalue weighted by Crippen LogP contribution is -2.30. The SMILES string of the molecule is O=C(CNC(=O)c1ccc(Oc2ccccc2)cc1)OCc1nc(-c2cccnc2)no1. The van der Waals surface area contributed by atoms with E-state index in [9.17, 15) is 9.59 Å². The number of amides is 1. The van der Waals surface area contributed by atoms with Crippen molar-refractivity contribution in [3.63, 3.8) is 0 Å². The fourth-order valence-corrected chi connectivity index (χ4v) is 2.67. The van der Waals surface area contributed by atoms with Crippen molar-refractivity contribution >= 4 is 11.9 Å². The fourth-order valence-electron chi connectivity index (χ4n) is 2.67. The summed E-state index contributed by atoms with van der Waals surface area (Å²) in [4.78, 5) is 32.3. The highest BCUT2D eigenvalue weighted by Crippen LogP contribution is 2.21. The third kappa shape index (κ3) is 5.54. The van der Waals surface area contributed by atoms with Gasteiger partial charge in [0, 0.05) is 23.5 Å². The molecule has 160 valence electrons. The number of benzene rings is 2. The van der Waals surface area contributed by atoms with Crippen LogP contribution >= 0.6 is 0 Å². The van der Waals surface area contributed by atoms with Crippen LogP contribution in [0.1, 0.15) is 16.2 Å². The average molecular weight is 430 g/mol. The van der Waals surface area contributed by atoms with Crippen molar-refractivity contribution in [2.75, 3.05) is 6.54 Å². The molecule has 0 saturated carbocycles. The molecule has 0 aliphatic rings. The van der Waals surface area contributed by atoms with E-state index in [1.54, 1.807) is 48.8 Å². The summed E-state index contributed by atoms with van der Waals surface area (Å²) in [7, 11) is 0. The number of carbonyl (C=O) groups is 2. The minimum absolute atomic E-state index is 0.137. The zero-order valence-corrected chi connectivity index (χ0v) is 16.8. The number of pyridine rings is 1. The molecule has 4 aromatic rings. The summed E-state index contributed by atoms with van der Waals surface area (Å²) in [5, 5.41) is 6.32. The topological polar surface area (TPSA) is 116 Å². The Balaban J connectivity index is 1.22. The lowest BCUT2D eigenvalue weighted by atomic mass is 10.2. The van der Waals surface area contributed by atoms with E-state index in [2.05, 4.69) is 20.4 Å². The molecule has 2 aromatic carbocycles. The Bertz CT molecular complexity index is 1180. The lowest BCUT2D eigenvalue weighted by molar-refractivity contribution is -0.144. The fraction of sp³-hybridized carbons (Fsp3) is 0.0870. The number of nitrogens with zero attached hydrogens (tertiary/aromatic N) is 3. The van der Waals surface area contributed by atoms with E-state index in [0.717, 1.165) is 0 Å². The summed E-state index contributed by atoms with van der Waals surface area (Å²) < 4.78 is 15.8. The molecule has 1 amide bonds. The Morgan fingerprint density at radius 2 is 1.72 bits per heavy atom. The van der Waals surface area contributed by atoms with Gasteiger partial charge in [0.05, 0.1) is 0 Å². The van der Waals surface area contributed by atoms with Gasteiger partial charge in [0.1, 0.15) is 18.0 Å². The Labute approximate surface area is 183 Å². The highest BCUT2D eigenvalue weighted by Gasteiger charge is 2.13. The Morgan fingerprint density at radius 1 is 0.938 bits per heavy atom. The van der Waals surface area contributed by atoms with E-state index in [1.807, 2.05) is 30.3 Å². The van der Waals surface area contributed by atoms with E-state index >= 15 is 0 Å². The standard InChI is InChI=1S/C23H18N4O5/c28-21(30-15-20-26-22(27-32-20)17-5-4-12-24-13-17)14-25-23(29)16-8-10-19(11-9-16)31-18-6-2-1-3-7-18/h1-13H,14-15H2,(H,25,29). The molecule has 0 atom stereocenters. The van der Waals surface area contributed by atoms with Crippen LogP contribution in [-0.2, 0) is 16.1 Å². The minimum Gasteiger partial charge on any atom is -0.457 e. The van der Waals surface area contributed by atoms with Crippen LogP contribution in [0.4, 0.5) is 0 Å². The van der Waals surface area contributed by atoms with Crippen LogP contribution in [0, 0.1) is 0 Å². The summed E-state index contributed by atoms with van der Waals surface area (Å²) in [6.07, 6.45) is 3.23. The summed E-state index contributed by atoms with van der Waals surface area (Å²) >= 11 is 0. The van der Waals surface area contributed by atoms with Crippen LogP contribution in [0.5, 0.6) is 11.5 Å². The first-order valence-electron chi connectivity index (χ1n) is 9.67. The number of para-hydroxylation sites is 1. The molecule has 4 rings (SSSR count). The summed E-state index contributed by atoms with van der Waals surface area (Å²) in [6.45, 7) is -0.502. The van der Waals surface area contributed by atoms with Gasteiger partial charge in [-0.05, 0) is 48.5 Å². The summed E-state index contributed by atoms with van der Waals surface area (Å²) in [5.74, 6) is 0.724. The molecule has 9 heteroatoms. The minimum atomic E-state index is -0.636. The van der Waals surface area contributed by atoms with Crippen molar-refractivity contribution in [2.24, 2.45) is 0 Å². The maximum atomic E-state index is 12.2. The predicted molar refractivity (Wildman–Crippen MR) is 113 cm³/mol. The van der Waals surface area contributed by atoms with Crippen LogP contribution in [-0.4, -0.2) is 33.5 Å². The molecule has 2 aromatic heterocycles. The number of hydrogen-bond donors (Lipinski definition) is 1. The van der Waals surface area contributed by atoms with Crippen LogP contribution in [0.3, 0.4) is 0 Å². The molecule has 1 N–H and O–H groups in total. The van der Waals surface area contributed by atoms with E-state index < -0.39 is 11.9 Å². The van der Waals surface area contributed by atoms with Gasteiger partial charge in [0.15, 0.2) is 6.61 Å². The lowest BCUT2D eigenvalue weighted by Gasteiger charge is -2.07. The molecule has 0 unspecified atom stereocenters. The largest absolute Gasteiger partial charge is 0.457 e. The second kappa shape index (κ2) is 9.98. The summed E-state index contributed by atoms with van der Waals surface area (Å²) in [5.41, 5.74) is 1.07. The highest BCUT2D eigenvalue weighted by molar-refractivity contribution is 5.96. The molecule has 0 aliphatic heterocycles. The number of aromatic nitrogens is 3. The molecule has 0 aliphatic carbocycles. The first-order valence-corrected chi connectivity index (χ1v) is 9.67. The van der Waals surface area contributed by atoms with Crippen LogP contribution in [0.2, 0.25) is 0 Å². The van der Waals surface area contributed by atoms with Crippen molar-refractivity contribution in [1.82, 2.24) is 20.4 Å². The Morgan fingerprint density at radius 3 is 2.47 bits per heavy atom. The van der Waals surface area contributed by atoms with E-state index in [-0.39, 0.29) is 19.0 Å². The Hall–Kier alpha value is -4.53. The number of esters is 1. The van der Waals surface area contributed by atoms with Gasteiger partial charge in [-0.3, -0.25) is 14.6 Å². The third-order valence-electron chi connectivity index (χ3n) is 4.23. The third-order valence-corrected chi connectivity index (χ3v) is 4.23. The van der Waals surface area contributed by atoms with E-state index in [0.29, 0.717) is 28.5 Å². The van der Waals surface area contributed by atoms with Gasteiger partial charge in [-0.25, -0.2) is 0 Å². The van der Waals surface area contributed by atoms with Crippen LogP contribution < -0.4 is 10.1 Å². The zero-order valence-electron chi connectivity index (χ0n) is 16.8.